The lowest BCUT2D eigenvalue weighted by Gasteiger charge is -2.28. The van der Waals surface area contributed by atoms with Crippen molar-refractivity contribution in [2.75, 3.05) is 27.4 Å². The van der Waals surface area contributed by atoms with Crippen LogP contribution in [0.1, 0.15) is 31.0 Å². The monoisotopic (exact) mass is 548 g/mol. The number of fused-ring (bicyclic) bond motifs is 1. The van der Waals surface area contributed by atoms with Gasteiger partial charge in [-0.05, 0) is 49.1 Å². The van der Waals surface area contributed by atoms with Crippen molar-refractivity contribution in [1.82, 2.24) is 16.1 Å². The largest absolute Gasteiger partial charge is 0.496 e. The number of allylic oxidation sites excluding steroid dienone is 1. The molecular weight excluding hydrogens is 516 g/mol. The molecule has 210 valence electrons. The van der Waals surface area contributed by atoms with E-state index in [1.54, 1.807) is 38.4 Å². The number of rotatable bonds is 11. The van der Waals surface area contributed by atoms with E-state index in [0.717, 1.165) is 22.1 Å². The van der Waals surface area contributed by atoms with Crippen molar-refractivity contribution in [2.45, 2.75) is 26.1 Å². The number of ether oxygens (including phenoxy) is 4. The Hall–Kier alpha value is -4.77. The summed E-state index contributed by atoms with van der Waals surface area (Å²) in [6, 6.07) is 15.4. The normalized spacial score (nSPS) is 15.8. The Bertz CT molecular complexity index is 1450. The first kappa shape index (κ1) is 28.2. The highest BCUT2D eigenvalue weighted by Gasteiger charge is 2.32. The molecule has 11 nitrogen and oxygen atoms in total. The number of carbonyl (C=O) groups excluding carboxylic acids is 2. The van der Waals surface area contributed by atoms with Crippen LogP contribution in [0.3, 0.4) is 0 Å². The molecule has 3 aromatic carbocycles. The lowest BCUT2D eigenvalue weighted by atomic mass is 9.95. The van der Waals surface area contributed by atoms with Gasteiger partial charge in [-0.2, -0.15) is 5.10 Å². The van der Waals surface area contributed by atoms with Gasteiger partial charge in [0.2, 0.25) is 0 Å². The zero-order valence-corrected chi connectivity index (χ0v) is 22.7. The Morgan fingerprint density at radius 3 is 2.55 bits per heavy atom. The van der Waals surface area contributed by atoms with Crippen molar-refractivity contribution in [3.8, 4) is 17.2 Å². The summed E-state index contributed by atoms with van der Waals surface area (Å²) in [6.07, 6.45) is 0.503. The summed E-state index contributed by atoms with van der Waals surface area (Å²) < 4.78 is 21.9. The Morgan fingerprint density at radius 2 is 1.82 bits per heavy atom. The molecule has 3 aromatic rings. The van der Waals surface area contributed by atoms with Crippen LogP contribution in [0.15, 0.2) is 71.0 Å². The maximum absolute atomic E-state index is 12.4. The van der Waals surface area contributed by atoms with Gasteiger partial charge in [-0.25, -0.2) is 9.59 Å². The number of hydrogen-bond acceptors (Lipinski definition) is 9. The van der Waals surface area contributed by atoms with Gasteiger partial charge >= 0.3 is 12.0 Å². The molecule has 0 bridgehead atoms. The van der Waals surface area contributed by atoms with Crippen LogP contribution in [0, 0.1) is 0 Å². The highest BCUT2D eigenvalue weighted by molar-refractivity contribution is 6.02. The van der Waals surface area contributed by atoms with Crippen molar-refractivity contribution in [3.05, 3.63) is 77.0 Å². The van der Waals surface area contributed by atoms with E-state index in [0.29, 0.717) is 29.4 Å². The molecule has 0 aromatic heterocycles. The van der Waals surface area contributed by atoms with E-state index in [1.807, 2.05) is 43.3 Å². The first-order chi connectivity index (χ1) is 19.4. The average Bonchev–Trinajstić information content (AvgIpc) is 2.96. The molecule has 0 radical (unpaired) electrons. The first-order valence-corrected chi connectivity index (χ1v) is 12.6. The fourth-order valence-electron chi connectivity index (χ4n) is 4.40. The molecule has 4 rings (SSSR count). The molecule has 4 N–H and O–H groups in total. The molecule has 0 aliphatic carbocycles. The molecule has 0 saturated heterocycles. The smallest absolute Gasteiger partial charge is 0.337 e. The summed E-state index contributed by atoms with van der Waals surface area (Å²) in [5, 5.41) is 21.8. The van der Waals surface area contributed by atoms with Gasteiger partial charge in [-0.1, -0.05) is 30.3 Å². The van der Waals surface area contributed by atoms with Crippen molar-refractivity contribution >= 4 is 29.0 Å². The standard InChI is InChI=1S/C29H32N4O7/c1-5-39-24-14-18(27-26(28(35)38-4)17(2)31-29(36)32-27)10-13-23(24)40-16-25(34)33-30-15-19-11-12-22(37-3)21-9-7-6-8-20(19)21/h6-15,25,27,33-34H,5,16H2,1-4H3,(H2,31,32,36)/b30-15-/t25-,27-/m0/s1. The molecule has 11 heteroatoms. The lowest BCUT2D eigenvalue weighted by molar-refractivity contribution is -0.136. The van der Waals surface area contributed by atoms with Gasteiger partial charge in [0.25, 0.3) is 0 Å². The molecule has 0 unspecified atom stereocenters. The summed E-state index contributed by atoms with van der Waals surface area (Å²) >= 11 is 0. The number of methoxy groups -OCH3 is 2. The van der Waals surface area contributed by atoms with E-state index in [4.69, 9.17) is 18.9 Å². The predicted octanol–water partition coefficient (Wildman–Crippen LogP) is 3.37. The minimum Gasteiger partial charge on any atom is -0.496 e. The maximum Gasteiger partial charge on any atom is 0.337 e. The number of aliphatic hydroxyl groups is 1. The Balaban J connectivity index is 1.45. The Labute approximate surface area is 231 Å². The van der Waals surface area contributed by atoms with Crippen molar-refractivity contribution in [1.29, 1.82) is 0 Å². The summed E-state index contributed by atoms with van der Waals surface area (Å²) in [5.74, 6) is 0.957. The molecule has 1 heterocycles. The second-order valence-electron chi connectivity index (χ2n) is 8.82. The van der Waals surface area contributed by atoms with E-state index in [-0.39, 0.29) is 12.2 Å². The van der Waals surface area contributed by atoms with Crippen molar-refractivity contribution < 1.29 is 33.6 Å². The van der Waals surface area contributed by atoms with Gasteiger partial charge in [0.1, 0.15) is 12.4 Å². The van der Waals surface area contributed by atoms with Crippen LogP contribution in [-0.4, -0.2) is 57.0 Å². The zero-order valence-electron chi connectivity index (χ0n) is 22.7. The molecule has 0 saturated carbocycles. The molecular formula is C29H32N4O7. The van der Waals surface area contributed by atoms with Crippen LogP contribution in [0.5, 0.6) is 17.2 Å². The van der Waals surface area contributed by atoms with E-state index in [9.17, 15) is 14.7 Å². The van der Waals surface area contributed by atoms with Crippen molar-refractivity contribution in [3.63, 3.8) is 0 Å². The topological polar surface area (TPSA) is 140 Å². The van der Waals surface area contributed by atoms with Crippen molar-refractivity contribution in [2.24, 2.45) is 5.10 Å². The molecule has 2 amide bonds. The van der Waals surface area contributed by atoms with Crippen LogP contribution in [0.2, 0.25) is 0 Å². The first-order valence-electron chi connectivity index (χ1n) is 12.6. The average molecular weight is 549 g/mol. The third-order valence-electron chi connectivity index (χ3n) is 6.24. The van der Waals surface area contributed by atoms with Crippen LogP contribution >= 0.6 is 0 Å². The zero-order chi connectivity index (χ0) is 28.6. The van der Waals surface area contributed by atoms with E-state index >= 15 is 0 Å². The lowest BCUT2D eigenvalue weighted by Crippen LogP contribution is -2.45. The second-order valence-corrected chi connectivity index (χ2v) is 8.82. The summed E-state index contributed by atoms with van der Waals surface area (Å²) in [5.41, 5.74) is 4.79. The van der Waals surface area contributed by atoms with Gasteiger partial charge in [-0.3, -0.25) is 5.43 Å². The fraction of sp³-hybridized carbons (Fsp3) is 0.276. The molecule has 2 atom stereocenters. The van der Waals surface area contributed by atoms with Crippen LogP contribution in [0.25, 0.3) is 10.8 Å². The van der Waals surface area contributed by atoms with E-state index in [1.165, 1.54) is 7.11 Å². The molecule has 1 aliphatic rings. The number of benzene rings is 3. The van der Waals surface area contributed by atoms with Gasteiger partial charge < -0.3 is 34.7 Å². The van der Waals surface area contributed by atoms with Crippen LogP contribution < -0.4 is 30.3 Å². The second kappa shape index (κ2) is 12.9. The van der Waals surface area contributed by atoms with Gasteiger partial charge in [0.15, 0.2) is 17.7 Å². The minimum absolute atomic E-state index is 0.128. The number of urea groups is 1. The van der Waals surface area contributed by atoms with Gasteiger partial charge in [0.05, 0.1) is 38.7 Å². The number of hydrazone groups is 1. The third kappa shape index (κ3) is 6.26. The number of nitrogens with zero attached hydrogens (tertiary/aromatic N) is 1. The van der Waals surface area contributed by atoms with Gasteiger partial charge in [0, 0.05) is 16.6 Å². The number of nitrogens with one attached hydrogen (secondary N) is 3. The van der Waals surface area contributed by atoms with E-state index in [2.05, 4.69) is 21.2 Å². The maximum atomic E-state index is 12.4. The quantitative estimate of drug-likeness (QED) is 0.124. The molecule has 0 fully saturated rings. The summed E-state index contributed by atoms with van der Waals surface area (Å²) in [6.45, 7) is 3.67. The molecule has 40 heavy (non-hydrogen) atoms. The van der Waals surface area contributed by atoms with Gasteiger partial charge in [-0.15, -0.1) is 0 Å². The number of amides is 2. The minimum atomic E-state index is -1.12. The number of aliphatic hydroxyl groups excluding tert-OH is 1. The molecule has 0 spiro atoms. The number of carbonyl (C=O) groups is 2. The number of esters is 1. The third-order valence-corrected chi connectivity index (χ3v) is 6.24. The number of hydrogen-bond donors (Lipinski definition) is 4. The summed E-state index contributed by atoms with van der Waals surface area (Å²) in [4.78, 5) is 24.5. The Kier molecular flexibility index (Phi) is 9.07. The summed E-state index contributed by atoms with van der Waals surface area (Å²) in [7, 11) is 2.90. The molecule has 1 aliphatic heterocycles. The van der Waals surface area contributed by atoms with Crippen LogP contribution in [0.4, 0.5) is 4.79 Å². The van der Waals surface area contributed by atoms with Crippen LogP contribution in [-0.2, 0) is 9.53 Å². The SMILES string of the molecule is CCOc1cc([C@@H]2NC(=O)NC(C)=C2C(=O)OC)ccc1OC[C@H](O)N/N=C\c1ccc(OC)c2ccccc12. The highest BCUT2D eigenvalue weighted by Crippen LogP contribution is 2.35. The van der Waals surface area contributed by atoms with E-state index < -0.39 is 24.3 Å². The Morgan fingerprint density at radius 1 is 1.07 bits per heavy atom. The highest BCUT2D eigenvalue weighted by atomic mass is 16.5. The fourth-order valence-corrected chi connectivity index (χ4v) is 4.40. The predicted molar refractivity (Wildman–Crippen MR) is 149 cm³/mol.